The van der Waals surface area contributed by atoms with Gasteiger partial charge in [0.1, 0.15) is 19.0 Å². The summed E-state index contributed by atoms with van der Waals surface area (Å²) in [6.07, 6.45) is 1.10. The molecule has 0 spiro atoms. The van der Waals surface area contributed by atoms with Gasteiger partial charge in [-0.05, 0) is 12.3 Å². The average Bonchev–Trinajstić information content (AvgIpc) is 2.79. The molecule has 108 valence electrons. The van der Waals surface area contributed by atoms with Crippen molar-refractivity contribution in [3.8, 4) is 11.5 Å². The molecule has 2 aromatic rings. The second kappa shape index (κ2) is 5.32. The van der Waals surface area contributed by atoms with E-state index >= 15 is 0 Å². The van der Waals surface area contributed by atoms with Crippen molar-refractivity contribution in [3.05, 3.63) is 18.0 Å². The molecule has 0 fully saturated rings. The van der Waals surface area contributed by atoms with E-state index in [0.29, 0.717) is 25.7 Å². The van der Waals surface area contributed by atoms with E-state index < -0.39 is 0 Å². The summed E-state index contributed by atoms with van der Waals surface area (Å²) in [4.78, 5) is 4.62. The molecule has 0 radical (unpaired) electrons. The van der Waals surface area contributed by atoms with E-state index in [4.69, 9.17) is 15.2 Å². The van der Waals surface area contributed by atoms with Crippen molar-refractivity contribution in [1.82, 2.24) is 9.55 Å². The van der Waals surface area contributed by atoms with Gasteiger partial charge in [-0.3, -0.25) is 0 Å². The Morgan fingerprint density at radius 3 is 2.60 bits per heavy atom. The highest BCUT2D eigenvalue weighted by Gasteiger charge is 2.17. The molecule has 2 N–H and O–H groups in total. The number of aromatic nitrogens is 2. The van der Waals surface area contributed by atoms with E-state index in [1.807, 2.05) is 12.1 Å². The van der Waals surface area contributed by atoms with Crippen molar-refractivity contribution >= 4 is 11.0 Å². The third-order valence-corrected chi connectivity index (χ3v) is 3.60. The molecule has 1 aromatic carbocycles. The number of rotatable bonds is 4. The van der Waals surface area contributed by atoms with Crippen LogP contribution in [0.3, 0.4) is 0 Å². The standard InChI is InChI=1S/C15H21N3O2/c1-10(2)3-4-18-12-8-14-13(19-5-6-20-14)7-11(12)17-15(18)9-16/h7-8,10H,3-6,9,16H2,1-2H3. The fraction of sp³-hybridized carbons (Fsp3) is 0.533. The van der Waals surface area contributed by atoms with Crippen LogP contribution < -0.4 is 15.2 Å². The maximum Gasteiger partial charge on any atom is 0.163 e. The first-order valence-electron chi connectivity index (χ1n) is 7.18. The summed E-state index contributed by atoms with van der Waals surface area (Å²) in [5, 5.41) is 0. The number of hydrogen-bond donors (Lipinski definition) is 1. The van der Waals surface area contributed by atoms with Gasteiger partial charge in [0.15, 0.2) is 11.5 Å². The Bertz CT molecular complexity index is 619. The van der Waals surface area contributed by atoms with Gasteiger partial charge in [-0.1, -0.05) is 13.8 Å². The predicted octanol–water partition coefficient (Wildman–Crippen LogP) is 2.31. The van der Waals surface area contributed by atoms with E-state index in [0.717, 1.165) is 41.3 Å². The second-order valence-electron chi connectivity index (χ2n) is 5.55. The lowest BCUT2D eigenvalue weighted by atomic mass is 10.1. The Kier molecular flexibility index (Phi) is 3.53. The highest BCUT2D eigenvalue weighted by atomic mass is 16.6. The number of nitrogens with two attached hydrogens (primary N) is 1. The quantitative estimate of drug-likeness (QED) is 0.930. The molecule has 0 saturated carbocycles. The summed E-state index contributed by atoms with van der Waals surface area (Å²) in [7, 11) is 0. The van der Waals surface area contributed by atoms with Crippen molar-refractivity contribution in [2.24, 2.45) is 11.7 Å². The average molecular weight is 275 g/mol. The lowest BCUT2D eigenvalue weighted by molar-refractivity contribution is 0.172. The van der Waals surface area contributed by atoms with E-state index in [1.54, 1.807) is 0 Å². The lowest BCUT2D eigenvalue weighted by Crippen LogP contribution is -2.15. The molecule has 3 rings (SSSR count). The third kappa shape index (κ3) is 2.33. The van der Waals surface area contributed by atoms with Crippen LogP contribution in [0.25, 0.3) is 11.0 Å². The van der Waals surface area contributed by atoms with Crippen molar-refractivity contribution in [3.63, 3.8) is 0 Å². The number of hydrogen-bond acceptors (Lipinski definition) is 4. The molecular weight excluding hydrogens is 254 g/mol. The maximum absolute atomic E-state index is 5.83. The molecule has 0 aliphatic carbocycles. The van der Waals surface area contributed by atoms with Gasteiger partial charge in [-0.15, -0.1) is 0 Å². The van der Waals surface area contributed by atoms with Gasteiger partial charge < -0.3 is 19.8 Å². The first kappa shape index (κ1) is 13.2. The summed E-state index contributed by atoms with van der Waals surface area (Å²) in [5.74, 6) is 3.15. The molecule has 5 heteroatoms. The summed E-state index contributed by atoms with van der Waals surface area (Å²) in [6.45, 7) is 7.01. The largest absolute Gasteiger partial charge is 0.486 e. The van der Waals surface area contributed by atoms with E-state index in [2.05, 4.69) is 23.4 Å². The second-order valence-corrected chi connectivity index (χ2v) is 5.55. The van der Waals surface area contributed by atoms with Crippen molar-refractivity contribution in [2.45, 2.75) is 33.4 Å². The maximum atomic E-state index is 5.83. The van der Waals surface area contributed by atoms with Crippen molar-refractivity contribution in [1.29, 1.82) is 0 Å². The molecule has 0 atom stereocenters. The molecule has 1 aliphatic rings. The van der Waals surface area contributed by atoms with Crippen LogP contribution in [-0.4, -0.2) is 22.8 Å². The number of benzene rings is 1. The van der Waals surface area contributed by atoms with Crippen LogP contribution in [0.15, 0.2) is 12.1 Å². The number of fused-ring (bicyclic) bond motifs is 2. The molecule has 20 heavy (non-hydrogen) atoms. The lowest BCUT2D eigenvalue weighted by Gasteiger charge is -2.18. The van der Waals surface area contributed by atoms with Crippen LogP contribution >= 0.6 is 0 Å². The smallest absolute Gasteiger partial charge is 0.163 e. The predicted molar refractivity (Wildman–Crippen MR) is 78.1 cm³/mol. The summed E-state index contributed by atoms with van der Waals surface area (Å²) >= 11 is 0. The Balaban J connectivity index is 2.06. The zero-order valence-electron chi connectivity index (χ0n) is 12.1. The van der Waals surface area contributed by atoms with Gasteiger partial charge in [0.2, 0.25) is 0 Å². The SMILES string of the molecule is CC(C)CCn1c(CN)nc2cc3c(cc21)OCCO3. The number of ether oxygens (including phenoxy) is 2. The molecule has 2 heterocycles. The highest BCUT2D eigenvalue weighted by molar-refractivity contribution is 5.80. The minimum Gasteiger partial charge on any atom is -0.486 e. The fourth-order valence-corrected chi connectivity index (χ4v) is 2.50. The number of aryl methyl sites for hydroxylation is 1. The minimum atomic E-state index is 0.444. The molecule has 1 aliphatic heterocycles. The molecule has 0 unspecified atom stereocenters. The minimum absolute atomic E-state index is 0.444. The highest BCUT2D eigenvalue weighted by Crippen LogP contribution is 2.34. The Morgan fingerprint density at radius 1 is 1.25 bits per heavy atom. The monoisotopic (exact) mass is 275 g/mol. The number of imidazole rings is 1. The first-order valence-corrected chi connectivity index (χ1v) is 7.18. The van der Waals surface area contributed by atoms with E-state index in [9.17, 15) is 0 Å². The third-order valence-electron chi connectivity index (χ3n) is 3.60. The summed E-state index contributed by atoms with van der Waals surface area (Å²) < 4.78 is 13.5. The van der Waals surface area contributed by atoms with Gasteiger partial charge in [-0.2, -0.15) is 0 Å². The van der Waals surface area contributed by atoms with Crippen molar-refractivity contribution in [2.75, 3.05) is 13.2 Å². The zero-order chi connectivity index (χ0) is 14.1. The van der Waals surface area contributed by atoms with Crippen molar-refractivity contribution < 1.29 is 9.47 Å². The van der Waals surface area contributed by atoms with Crippen LogP contribution in [0.4, 0.5) is 0 Å². The molecule has 0 saturated heterocycles. The van der Waals surface area contributed by atoms with Gasteiger partial charge >= 0.3 is 0 Å². The number of nitrogens with zero attached hydrogens (tertiary/aromatic N) is 2. The molecule has 0 bridgehead atoms. The Labute approximate surface area is 118 Å². The van der Waals surface area contributed by atoms with Crippen LogP contribution in [-0.2, 0) is 13.1 Å². The summed E-state index contributed by atoms with van der Waals surface area (Å²) in [6, 6.07) is 3.98. The molecule has 1 aromatic heterocycles. The van der Waals surface area contributed by atoms with Crippen LogP contribution in [0.5, 0.6) is 11.5 Å². The van der Waals surface area contributed by atoms with Crippen LogP contribution in [0.2, 0.25) is 0 Å². The fourth-order valence-electron chi connectivity index (χ4n) is 2.50. The molecular formula is C15H21N3O2. The van der Waals surface area contributed by atoms with Crippen LogP contribution in [0.1, 0.15) is 26.1 Å². The first-order chi connectivity index (χ1) is 9.69. The van der Waals surface area contributed by atoms with Crippen LogP contribution in [0, 0.1) is 5.92 Å². The summed E-state index contributed by atoms with van der Waals surface area (Å²) in [5.41, 5.74) is 7.84. The van der Waals surface area contributed by atoms with Gasteiger partial charge in [0.05, 0.1) is 17.6 Å². The topological polar surface area (TPSA) is 62.3 Å². The van der Waals surface area contributed by atoms with Gasteiger partial charge in [0, 0.05) is 18.7 Å². The normalized spacial score (nSPS) is 14.2. The Hall–Kier alpha value is -1.75. The van der Waals surface area contributed by atoms with E-state index in [1.165, 1.54) is 0 Å². The van der Waals surface area contributed by atoms with Gasteiger partial charge in [0.25, 0.3) is 0 Å². The Morgan fingerprint density at radius 2 is 1.95 bits per heavy atom. The van der Waals surface area contributed by atoms with Gasteiger partial charge in [-0.25, -0.2) is 4.98 Å². The zero-order valence-corrected chi connectivity index (χ0v) is 12.1. The molecule has 0 amide bonds. The molecule has 5 nitrogen and oxygen atoms in total. The van der Waals surface area contributed by atoms with E-state index in [-0.39, 0.29) is 0 Å².